The lowest BCUT2D eigenvalue weighted by Crippen LogP contribution is -2.43. The summed E-state index contributed by atoms with van der Waals surface area (Å²) in [5.41, 5.74) is 0.781. The van der Waals surface area contributed by atoms with Gasteiger partial charge in [-0.15, -0.1) is 0 Å². The number of nitrogens with one attached hydrogen (secondary N) is 2. The lowest BCUT2D eigenvalue weighted by atomic mass is 9.99. The van der Waals surface area contributed by atoms with Gasteiger partial charge in [-0.05, 0) is 41.8 Å². The Morgan fingerprint density at radius 3 is 2.73 bits per heavy atom. The molecule has 1 fully saturated rings. The molecule has 1 saturated heterocycles. The first-order valence-corrected chi connectivity index (χ1v) is 12.4. The second kappa shape index (κ2) is 9.26. The summed E-state index contributed by atoms with van der Waals surface area (Å²) in [6.07, 6.45) is 1.27. The molecule has 1 aromatic heterocycles. The van der Waals surface area contributed by atoms with Crippen LogP contribution in [0, 0.1) is 0 Å². The van der Waals surface area contributed by atoms with Crippen molar-refractivity contribution in [3.63, 3.8) is 0 Å². The molecule has 0 aliphatic carbocycles. The number of nitrogens with zero attached hydrogens (tertiary/aromatic N) is 1. The van der Waals surface area contributed by atoms with E-state index in [0.717, 1.165) is 5.56 Å². The van der Waals surface area contributed by atoms with E-state index >= 15 is 0 Å². The van der Waals surface area contributed by atoms with Crippen LogP contribution in [0.1, 0.15) is 35.7 Å². The molecule has 0 spiro atoms. The minimum absolute atomic E-state index is 0.0344. The Morgan fingerprint density at radius 2 is 2.06 bits per heavy atom. The molecule has 10 heteroatoms. The third-order valence-electron chi connectivity index (χ3n) is 5.54. The van der Waals surface area contributed by atoms with Gasteiger partial charge in [0.05, 0.1) is 29.1 Å². The lowest BCUT2D eigenvalue weighted by molar-refractivity contribution is 0.0698. The van der Waals surface area contributed by atoms with Crippen LogP contribution < -0.4 is 10.6 Å². The topological polar surface area (TPSA) is 118 Å². The standard InChI is InChI=1S/C23H24ClN3O5S/c1-13(2)14-3-5-19(17(9-14)23(28)29)27-22-16-10-15(24)4-6-18(16)26-11-20(22)33(30,31)21-12-25-7-8-32-21/h3-6,9-11,13,21,25H,7-8,12H2,1-2H3,(H,26,27)(H,28,29). The zero-order chi connectivity index (χ0) is 23.8. The molecule has 1 aliphatic heterocycles. The zero-order valence-electron chi connectivity index (χ0n) is 18.1. The smallest absolute Gasteiger partial charge is 0.337 e. The number of aromatic nitrogens is 1. The summed E-state index contributed by atoms with van der Waals surface area (Å²) in [5, 5.41) is 16.8. The van der Waals surface area contributed by atoms with Crippen LogP contribution in [0.5, 0.6) is 0 Å². The maximum Gasteiger partial charge on any atom is 0.337 e. The summed E-state index contributed by atoms with van der Waals surface area (Å²) >= 11 is 6.21. The highest BCUT2D eigenvalue weighted by Gasteiger charge is 2.33. The maximum absolute atomic E-state index is 13.5. The molecule has 0 radical (unpaired) electrons. The number of morpholine rings is 1. The number of halogens is 1. The molecule has 1 aliphatic rings. The van der Waals surface area contributed by atoms with E-state index in [2.05, 4.69) is 15.6 Å². The number of ether oxygens (including phenoxy) is 1. The van der Waals surface area contributed by atoms with Crippen molar-refractivity contribution in [1.29, 1.82) is 0 Å². The van der Waals surface area contributed by atoms with Crippen molar-refractivity contribution in [2.45, 2.75) is 30.1 Å². The Labute approximate surface area is 196 Å². The SMILES string of the molecule is CC(C)c1ccc(Nc2c(S(=O)(=O)C3CNCCO3)cnc3ccc(Cl)cc23)c(C(=O)O)c1. The van der Waals surface area contributed by atoms with E-state index in [0.29, 0.717) is 22.5 Å². The number of pyridine rings is 1. The summed E-state index contributed by atoms with van der Waals surface area (Å²) < 4.78 is 32.5. The van der Waals surface area contributed by atoms with Crippen LogP contribution in [0.4, 0.5) is 11.4 Å². The van der Waals surface area contributed by atoms with E-state index in [-0.39, 0.29) is 40.9 Å². The zero-order valence-corrected chi connectivity index (χ0v) is 19.7. The van der Waals surface area contributed by atoms with Gasteiger partial charge >= 0.3 is 5.97 Å². The average Bonchev–Trinajstić information content (AvgIpc) is 2.79. The highest BCUT2D eigenvalue weighted by molar-refractivity contribution is 7.92. The van der Waals surface area contributed by atoms with Gasteiger partial charge in [-0.2, -0.15) is 0 Å². The van der Waals surface area contributed by atoms with Crippen molar-refractivity contribution >= 4 is 49.7 Å². The molecule has 33 heavy (non-hydrogen) atoms. The molecule has 8 nitrogen and oxygen atoms in total. The lowest BCUT2D eigenvalue weighted by Gasteiger charge is -2.25. The van der Waals surface area contributed by atoms with E-state index in [1.54, 1.807) is 30.3 Å². The minimum Gasteiger partial charge on any atom is -0.478 e. The van der Waals surface area contributed by atoms with E-state index in [1.807, 2.05) is 19.9 Å². The first kappa shape index (κ1) is 23.4. The number of rotatable bonds is 6. The summed E-state index contributed by atoms with van der Waals surface area (Å²) in [6, 6.07) is 9.99. The number of carboxylic acids is 1. The Hall–Kier alpha value is -2.72. The van der Waals surface area contributed by atoms with Gasteiger partial charge in [-0.1, -0.05) is 31.5 Å². The van der Waals surface area contributed by atoms with Gasteiger partial charge in [-0.3, -0.25) is 4.98 Å². The molecule has 3 aromatic rings. The van der Waals surface area contributed by atoms with E-state index in [9.17, 15) is 18.3 Å². The third-order valence-corrected chi connectivity index (χ3v) is 7.69. The number of fused-ring (bicyclic) bond motifs is 1. The molecule has 4 rings (SSSR count). The molecule has 0 bridgehead atoms. The molecular weight excluding hydrogens is 466 g/mol. The summed E-state index contributed by atoms with van der Waals surface area (Å²) in [5.74, 6) is -0.995. The second-order valence-corrected chi connectivity index (χ2v) is 10.6. The van der Waals surface area contributed by atoms with E-state index < -0.39 is 21.2 Å². The van der Waals surface area contributed by atoms with Crippen molar-refractivity contribution in [3.8, 4) is 0 Å². The molecule has 3 N–H and O–H groups in total. The van der Waals surface area contributed by atoms with Crippen molar-refractivity contribution in [3.05, 3.63) is 58.7 Å². The van der Waals surface area contributed by atoms with Gasteiger partial charge < -0.3 is 20.5 Å². The van der Waals surface area contributed by atoms with Crippen molar-refractivity contribution in [2.24, 2.45) is 0 Å². The van der Waals surface area contributed by atoms with Crippen LogP contribution in [0.3, 0.4) is 0 Å². The minimum atomic E-state index is -3.97. The Morgan fingerprint density at radius 1 is 1.27 bits per heavy atom. The van der Waals surface area contributed by atoms with E-state index in [1.165, 1.54) is 6.20 Å². The highest BCUT2D eigenvalue weighted by atomic mass is 35.5. The first-order chi connectivity index (χ1) is 15.7. The fourth-order valence-electron chi connectivity index (χ4n) is 3.72. The molecule has 0 saturated carbocycles. The predicted octanol–water partition coefficient (Wildman–Crippen LogP) is 4.17. The largest absolute Gasteiger partial charge is 0.478 e. The van der Waals surface area contributed by atoms with Crippen molar-refractivity contribution < 1.29 is 23.1 Å². The Bertz CT molecular complexity index is 1320. The Kier molecular flexibility index (Phi) is 6.58. The molecule has 2 heterocycles. The van der Waals surface area contributed by atoms with E-state index in [4.69, 9.17) is 16.3 Å². The maximum atomic E-state index is 13.5. The van der Waals surface area contributed by atoms with Gasteiger partial charge in [0.2, 0.25) is 9.84 Å². The van der Waals surface area contributed by atoms with Crippen molar-refractivity contribution in [1.82, 2.24) is 10.3 Å². The summed E-state index contributed by atoms with van der Waals surface area (Å²) in [6.45, 7) is 4.90. The number of hydrogen-bond acceptors (Lipinski definition) is 7. The summed E-state index contributed by atoms with van der Waals surface area (Å²) in [7, 11) is -3.97. The molecule has 0 amide bonds. The number of hydrogen-bond donors (Lipinski definition) is 3. The number of sulfone groups is 1. The fraction of sp³-hybridized carbons (Fsp3) is 0.304. The normalized spacial score (nSPS) is 16.8. The Balaban J connectivity index is 1.92. The number of carboxylic acid groups (broad SMARTS) is 1. The number of carbonyl (C=O) groups is 1. The number of aromatic carboxylic acids is 1. The van der Waals surface area contributed by atoms with Crippen molar-refractivity contribution in [2.75, 3.05) is 25.0 Å². The monoisotopic (exact) mass is 489 g/mol. The molecule has 2 aromatic carbocycles. The van der Waals surface area contributed by atoms with Gasteiger partial charge in [0.15, 0.2) is 5.44 Å². The number of benzene rings is 2. The van der Waals surface area contributed by atoms with Crippen LogP contribution in [0.15, 0.2) is 47.5 Å². The fourth-order valence-corrected chi connectivity index (χ4v) is 5.43. The van der Waals surface area contributed by atoms with Gasteiger partial charge in [0, 0.05) is 29.7 Å². The first-order valence-electron chi connectivity index (χ1n) is 10.5. The number of anilines is 2. The van der Waals surface area contributed by atoms with Crippen LogP contribution in [0.2, 0.25) is 5.02 Å². The highest BCUT2D eigenvalue weighted by Crippen LogP contribution is 2.36. The molecular formula is C23H24ClN3O5S. The average molecular weight is 490 g/mol. The molecule has 174 valence electrons. The van der Waals surface area contributed by atoms with Gasteiger partial charge in [0.25, 0.3) is 0 Å². The van der Waals surface area contributed by atoms with Crippen LogP contribution in [-0.2, 0) is 14.6 Å². The van der Waals surface area contributed by atoms with Crippen LogP contribution in [0.25, 0.3) is 10.9 Å². The second-order valence-electron chi connectivity index (χ2n) is 8.10. The van der Waals surface area contributed by atoms with Crippen LogP contribution in [-0.4, -0.2) is 49.6 Å². The van der Waals surface area contributed by atoms with Crippen LogP contribution >= 0.6 is 11.6 Å². The molecule has 1 atom stereocenters. The summed E-state index contributed by atoms with van der Waals surface area (Å²) in [4.78, 5) is 16.2. The third kappa shape index (κ3) is 4.67. The predicted molar refractivity (Wildman–Crippen MR) is 127 cm³/mol. The van der Waals surface area contributed by atoms with Gasteiger partial charge in [-0.25, -0.2) is 13.2 Å². The van der Waals surface area contributed by atoms with Gasteiger partial charge in [0.1, 0.15) is 4.90 Å². The quantitative estimate of drug-likeness (QED) is 0.472. The molecule has 1 unspecified atom stereocenters.